The van der Waals surface area contributed by atoms with Gasteiger partial charge >= 0.3 is 0 Å². The van der Waals surface area contributed by atoms with Gasteiger partial charge in [0.15, 0.2) is 0 Å². The van der Waals surface area contributed by atoms with Gasteiger partial charge < -0.3 is 4.74 Å². The third-order valence-electron chi connectivity index (χ3n) is 4.78. The summed E-state index contributed by atoms with van der Waals surface area (Å²) in [6, 6.07) is 21.5. The van der Waals surface area contributed by atoms with E-state index >= 15 is 0 Å². The largest absolute Gasteiger partial charge is 0.491 e. The van der Waals surface area contributed by atoms with Gasteiger partial charge in [0.05, 0.1) is 11.5 Å². The zero-order chi connectivity index (χ0) is 21.8. The SMILES string of the molecule is O=[N+]([O-])c1ccc2c(c1)S(=O)(=O)NC2=NCCOc1ccccc1Cc1ccccc1. The van der Waals surface area contributed by atoms with E-state index in [0.717, 1.165) is 23.8 Å². The Morgan fingerprint density at radius 3 is 2.52 bits per heavy atom. The highest BCUT2D eigenvalue weighted by Crippen LogP contribution is 2.27. The van der Waals surface area contributed by atoms with Crippen molar-refractivity contribution in [1.29, 1.82) is 0 Å². The van der Waals surface area contributed by atoms with Gasteiger partial charge in [0.1, 0.15) is 23.1 Å². The number of rotatable bonds is 7. The average Bonchev–Trinajstić information content (AvgIpc) is 3.02. The minimum absolute atomic E-state index is 0.144. The van der Waals surface area contributed by atoms with Gasteiger partial charge in [0.2, 0.25) is 0 Å². The summed E-state index contributed by atoms with van der Waals surface area (Å²) in [4.78, 5) is 14.4. The fourth-order valence-electron chi connectivity index (χ4n) is 3.32. The van der Waals surface area contributed by atoms with Crippen molar-refractivity contribution < 1.29 is 18.1 Å². The minimum Gasteiger partial charge on any atom is -0.491 e. The number of ether oxygens (including phenoxy) is 1. The number of amidine groups is 1. The number of nitro benzene ring substituents is 1. The highest BCUT2D eigenvalue weighted by atomic mass is 32.2. The van der Waals surface area contributed by atoms with Gasteiger partial charge in [0, 0.05) is 24.1 Å². The van der Waals surface area contributed by atoms with Crippen LogP contribution in [0.2, 0.25) is 0 Å². The Morgan fingerprint density at radius 2 is 1.74 bits per heavy atom. The lowest BCUT2D eigenvalue weighted by Crippen LogP contribution is -2.23. The monoisotopic (exact) mass is 437 g/mol. The molecule has 8 nitrogen and oxygen atoms in total. The molecule has 0 aliphatic carbocycles. The predicted molar refractivity (Wildman–Crippen MR) is 116 cm³/mol. The van der Waals surface area contributed by atoms with Crippen LogP contribution in [0, 0.1) is 10.1 Å². The van der Waals surface area contributed by atoms with Crippen molar-refractivity contribution in [2.24, 2.45) is 4.99 Å². The summed E-state index contributed by atoms with van der Waals surface area (Å²) in [5, 5.41) is 10.9. The number of aliphatic imine (C=N–C) groups is 1. The Balaban J connectivity index is 1.45. The smallest absolute Gasteiger partial charge is 0.270 e. The standard InChI is InChI=1S/C22H19N3O5S/c26-25(27)18-10-11-19-21(15-18)31(28,29)24-22(19)23-12-13-30-20-9-5-4-8-17(20)14-16-6-2-1-3-7-16/h1-11,15H,12-14H2,(H,23,24). The maximum atomic E-state index is 12.3. The number of hydrogen-bond donors (Lipinski definition) is 1. The van der Waals surface area contributed by atoms with Crippen LogP contribution in [0.15, 0.2) is 82.7 Å². The number of non-ortho nitro benzene ring substituents is 1. The summed E-state index contributed by atoms with van der Waals surface area (Å²) in [5.41, 5.74) is 2.24. The van der Waals surface area contributed by atoms with Gasteiger partial charge in [-0.1, -0.05) is 48.5 Å². The third-order valence-corrected chi connectivity index (χ3v) is 6.16. The van der Waals surface area contributed by atoms with Crippen LogP contribution in [0.4, 0.5) is 5.69 Å². The summed E-state index contributed by atoms with van der Waals surface area (Å²) in [5.74, 6) is 0.903. The molecule has 9 heteroatoms. The van der Waals surface area contributed by atoms with Crippen LogP contribution in [-0.4, -0.2) is 32.3 Å². The van der Waals surface area contributed by atoms with Gasteiger partial charge in [0.25, 0.3) is 15.7 Å². The molecule has 4 rings (SSSR count). The number of nitrogens with one attached hydrogen (secondary N) is 1. The first-order chi connectivity index (χ1) is 14.9. The number of hydrogen-bond acceptors (Lipinski definition) is 6. The van der Waals surface area contributed by atoms with E-state index in [-0.39, 0.29) is 29.6 Å². The van der Waals surface area contributed by atoms with E-state index in [4.69, 9.17) is 4.74 Å². The van der Waals surface area contributed by atoms with Crippen molar-refractivity contribution in [3.8, 4) is 5.75 Å². The zero-order valence-electron chi connectivity index (χ0n) is 16.4. The molecule has 0 saturated heterocycles. The summed E-state index contributed by atoms with van der Waals surface area (Å²) >= 11 is 0. The van der Waals surface area contributed by atoms with Crippen molar-refractivity contribution in [3.05, 3.63) is 99.6 Å². The maximum absolute atomic E-state index is 12.3. The van der Waals surface area contributed by atoms with Crippen LogP contribution in [0.1, 0.15) is 16.7 Å². The van der Waals surface area contributed by atoms with Gasteiger partial charge in [-0.3, -0.25) is 19.8 Å². The second-order valence-corrected chi connectivity index (χ2v) is 8.54. The molecule has 1 N–H and O–H groups in total. The first-order valence-corrected chi connectivity index (χ1v) is 11.0. The Bertz CT molecular complexity index is 1260. The van der Waals surface area contributed by atoms with Gasteiger partial charge in [-0.15, -0.1) is 0 Å². The number of nitrogens with zero attached hydrogens (tertiary/aromatic N) is 2. The second kappa shape index (κ2) is 8.57. The normalized spacial score (nSPS) is 15.3. The highest BCUT2D eigenvalue weighted by molar-refractivity contribution is 7.90. The van der Waals surface area contributed by atoms with Crippen LogP contribution < -0.4 is 9.46 Å². The molecular weight excluding hydrogens is 418 g/mol. The summed E-state index contributed by atoms with van der Waals surface area (Å²) < 4.78 is 32.8. The maximum Gasteiger partial charge on any atom is 0.270 e. The quantitative estimate of drug-likeness (QED) is 0.346. The number of nitro groups is 1. The van der Waals surface area contributed by atoms with Crippen molar-refractivity contribution in [2.75, 3.05) is 13.2 Å². The Kier molecular flexibility index (Phi) is 5.68. The average molecular weight is 437 g/mol. The molecule has 0 aromatic heterocycles. The Labute approximate surface area is 179 Å². The van der Waals surface area contributed by atoms with Crippen molar-refractivity contribution in [3.63, 3.8) is 0 Å². The van der Waals surface area contributed by atoms with E-state index in [9.17, 15) is 18.5 Å². The van der Waals surface area contributed by atoms with Gasteiger partial charge in [-0.2, -0.15) is 0 Å². The molecular formula is C22H19N3O5S. The molecule has 1 aliphatic rings. The molecule has 3 aromatic rings. The van der Waals surface area contributed by atoms with E-state index in [2.05, 4.69) is 21.8 Å². The number of para-hydroxylation sites is 1. The number of sulfonamides is 1. The molecule has 0 bridgehead atoms. The molecule has 0 saturated carbocycles. The predicted octanol–water partition coefficient (Wildman–Crippen LogP) is 3.30. The van der Waals surface area contributed by atoms with Crippen molar-refractivity contribution in [2.45, 2.75) is 11.3 Å². The van der Waals surface area contributed by atoms with Crippen LogP contribution in [0.5, 0.6) is 5.75 Å². The van der Waals surface area contributed by atoms with Crippen molar-refractivity contribution >= 4 is 21.5 Å². The second-order valence-electron chi connectivity index (χ2n) is 6.89. The van der Waals surface area contributed by atoms with E-state index in [1.165, 1.54) is 17.7 Å². The van der Waals surface area contributed by atoms with Crippen LogP contribution in [-0.2, 0) is 16.4 Å². The molecule has 31 heavy (non-hydrogen) atoms. The Morgan fingerprint density at radius 1 is 1.00 bits per heavy atom. The third kappa shape index (κ3) is 4.56. The van der Waals surface area contributed by atoms with E-state index < -0.39 is 14.9 Å². The topological polar surface area (TPSA) is 111 Å². The fraction of sp³-hybridized carbons (Fsp3) is 0.136. The van der Waals surface area contributed by atoms with Crippen molar-refractivity contribution in [1.82, 2.24) is 4.72 Å². The Hall–Kier alpha value is -3.72. The van der Waals surface area contributed by atoms with Gasteiger partial charge in [-0.05, 0) is 23.3 Å². The first-order valence-electron chi connectivity index (χ1n) is 9.55. The fourth-order valence-corrected chi connectivity index (χ4v) is 4.59. The van der Waals surface area contributed by atoms with Crippen LogP contribution in [0.25, 0.3) is 0 Å². The zero-order valence-corrected chi connectivity index (χ0v) is 17.2. The number of fused-ring (bicyclic) bond motifs is 1. The summed E-state index contributed by atoms with van der Waals surface area (Å²) in [6.45, 7) is 0.466. The summed E-state index contributed by atoms with van der Waals surface area (Å²) in [6.07, 6.45) is 0.734. The van der Waals surface area contributed by atoms with Crippen LogP contribution >= 0.6 is 0 Å². The lowest BCUT2D eigenvalue weighted by atomic mass is 10.0. The van der Waals surface area contributed by atoms with E-state index in [0.29, 0.717) is 5.56 Å². The molecule has 1 aliphatic heterocycles. The molecule has 3 aromatic carbocycles. The number of benzene rings is 3. The first kappa shape index (κ1) is 20.5. The molecule has 1 heterocycles. The highest BCUT2D eigenvalue weighted by Gasteiger charge is 2.32. The molecule has 0 unspecified atom stereocenters. The lowest BCUT2D eigenvalue weighted by Gasteiger charge is -2.11. The minimum atomic E-state index is -3.87. The van der Waals surface area contributed by atoms with E-state index in [1.54, 1.807) is 0 Å². The molecule has 0 atom stereocenters. The molecule has 0 radical (unpaired) electrons. The summed E-state index contributed by atoms with van der Waals surface area (Å²) in [7, 11) is -3.87. The lowest BCUT2D eigenvalue weighted by molar-refractivity contribution is -0.385. The van der Waals surface area contributed by atoms with Gasteiger partial charge in [-0.25, -0.2) is 8.42 Å². The molecule has 158 valence electrons. The molecule has 0 fully saturated rings. The van der Waals surface area contributed by atoms with Crippen LogP contribution in [0.3, 0.4) is 0 Å². The van der Waals surface area contributed by atoms with E-state index in [1.807, 2.05) is 42.5 Å². The molecule has 0 spiro atoms. The molecule has 0 amide bonds.